The zero-order valence-corrected chi connectivity index (χ0v) is 16.6. The van der Waals surface area contributed by atoms with Gasteiger partial charge >= 0.3 is 0 Å². The van der Waals surface area contributed by atoms with Crippen LogP contribution in [-0.4, -0.2) is 23.8 Å². The van der Waals surface area contributed by atoms with E-state index in [1.54, 1.807) is 43.3 Å². The lowest BCUT2D eigenvalue weighted by Crippen LogP contribution is -2.41. The maximum Gasteiger partial charge on any atom is 0.253 e. The van der Waals surface area contributed by atoms with Crippen molar-refractivity contribution in [1.82, 2.24) is 5.32 Å². The first-order chi connectivity index (χ1) is 13.3. The summed E-state index contributed by atoms with van der Waals surface area (Å²) in [6.07, 6.45) is 1.83. The molecule has 1 unspecified atom stereocenters. The van der Waals surface area contributed by atoms with Gasteiger partial charge in [0.25, 0.3) is 5.91 Å². The molecule has 2 aromatic rings. The van der Waals surface area contributed by atoms with E-state index in [1.165, 1.54) is 6.07 Å². The summed E-state index contributed by atoms with van der Waals surface area (Å²) in [5.41, 5.74) is 1.32. The molecule has 28 heavy (non-hydrogen) atoms. The number of halogens is 2. The Labute approximate surface area is 172 Å². The van der Waals surface area contributed by atoms with Gasteiger partial charge in [0.1, 0.15) is 6.04 Å². The lowest BCUT2D eigenvalue weighted by molar-refractivity contribution is -0.118. The summed E-state index contributed by atoms with van der Waals surface area (Å²) in [5, 5.41) is 8.53. The molecule has 3 N–H and O–H groups in total. The highest BCUT2D eigenvalue weighted by Crippen LogP contribution is 2.30. The van der Waals surface area contributed by atoms with Gasteiger partial charge in [-0.15, -0.1) is 0 Å². The molecule has 3 rings (SSSR count). The van der Waals surface area contributed by atoms with E-state index in [4.69, 9.17) is 23.2 Å². The molecule has 0 spiro atoms. The average molecular weight is 420 g/mol. The van der Waals surface area contributed by atoms with Crippen LogP contribution in [-0.2, 0) is 9.59 Å². The zero-order chi connectivity index (χ0) is 20.3. The van der Waals surface area contributed by atoms with Crippen molar-refractivity contribution >= 4 is 52.3 Å². The fraction of sp³-hybridized carbons (Fsp3) is 0.250. The van der Waals surface area contributed by atoms with Gasteiger partial charge in [-0.1, -0.05) is 35.3 Å². The molecule has 1 aliphatic rings. The van der Waals surface area contributed by atoms with Crippen LogP contribution in [0.3, 0.4) is 0 Å². The van der Waals surface area contributed by atoms with Crippen LogP contribution in [0.25, 0.3) is 0 Å². The van der Waals surface area contributed by atoms with Crippen molar-refractivity contribution in [1.29, 1.82) is 0 Å². The van der Waals surface area contributed by atoms with E-state index < -0.39 is 17.9 Å². The molecule has 0 radical (unpaired) electrons. The second kappa shape index (κ2) is 8.63. The lowest BCUT2D eigenvalue weighted by atomic mass is 10.2. The topological polar surface area (TPSA) is 87.3 Å². The minimum absolute atomic E-state index is 0.0116. The third-order valence-electron chi connectivity index (χ3n) is 4.28. The molecule has 1 atom stereocenters. The second-order valence-electron chi connectivity index (χ2n) is 6.63. The number of hydrogen-bond donors (Lipinski definition) is 3. The molecule has 1 fully saturated rings. The quantitative estimate of drug-likeness (QED) is 0.658. The maximum absolute atomic E-state index is 12.4. The van der Waals surface area contributed by atoms with Crippen LogP contribution in [0.1, 0.15) is 30.1 Å². The van der Waals surface area contributed by atoms with Crippen LogP contribution in [0.5, 0.6) is 0 Å². The Balaban J connectivity index is 1.60. The van der Waals surface area contributed by atoms with Gasteiger partial charge in [0, 0.05) is 17.3 Å². The molecule has 6 nitrogen and oxygen atoms in total. The number of nitrogens with one attached hydrogen (secondary N) is 3. The van der Waals surface area contributed by atoms with Gasteiger partial charge in [-0.25, -0.2) is 0 Å². The molecule has 1 aliphatic carbocycles. The van der Waals surface area contributed by atoms with Gasteiger partial charge < -0.3 is 16.0 Å². The number of carbonyl (C=O) groups excluding carboxylic acids is 3. The maximum atomic E-state index is 12.4. The molecule has 146 valence electrons. The van der Waals surface area contributed by atoms with E-state index in [0.717, 1.165) is 12.8 Å². The Hall–Kier alpha value is -2.57. The van der Waals surface area contributed by atoms with Crippen molar-refractivity contribution < 1.29 is 14.4 Å². The first-order valence-corrected chi connectivity index (χ1v) is 9.57. The Bertz CT molecular complexity index is 929. The molecule has 1 saturated carbocycles. The lowest BCUT2D eigenvalue weighted by Gasteiger charge is -2.15. The standard InChI is InChI=1S/C20H19Cl2N3O3/c1-11(23-20(28)15-6-3-7-16(21)17(15)22)18(26)24-13-4-2-5-14(10-13)25-19(27)12-8-9-12/h2-7,10-12H,8-9H2,1H3,(H,23,28)(H,24,26)(H,25,27). The third-order valence-corrected chi connectivity index (χ3v) is 5.10. The van der Waals surface area contributed by atoms with Crippen molar-refractivity contribution in [2.24, 2.45) is 5.92 Å². The van der Waals surface area contributed by atoms with Crippen molar-refractivity contribution in [3.8, 4) is 0 Å². The van der Waals surface area contributed by atoms with Gasteiger partial charge in [0.2, 0.25) is 11.8 Å². The van der Waals surface area contributed by atoms with Crippen LogP contribution < -0.4 is 16.0 Å². The van der Waals surface area contributed by atoms with Crippen molar-refractivity contribution in [2.45, 2.75) is 25.8 Å². The number of rotatable bonds is 6. The summed E-state index contributed by atoms with van der Waals surface area (Å²) >= 11 is 12.0. The largest absolute Gasteiger partial charge is 0.340 e. The molecular formula is C20H19Cl2N3O3. The molecule has 0 bridgehead atoms. The summed E-state index contributed by atoms with van der Waals surface area (Å²) < 4.78 is 0. The second-order valence-corrected chi connectivity index (χ2v) is 7.42. The highest BCUT2D eigenvalue weighted by atomic mass is 35.5. The highest BCUT2D eigenvalue weighted by Gasteiger charge is 2.29. The summed E-state index contributed by atoms with van der Waals surface area (Å²) in [7, 11) is 0. The summed E-state index contributed by atoms with van der Waals surface area (Å²) in [6, 6.07) is 10.7. The van der Waals surface area contributed by atoms with E-state index in [1.807, 2.05) is 0 Å². The smallest absolute Gasteiger partial charge is 0.253 e. The Morgan fingerprint density at radius 2 is 1.64 bits per heavy atom. The van der Waals surface area contributed by atoms with E-state index >= 15 is 0 Å². The van der Waals surface area contributed by atoms with Crippen LogP contribution in [0.4, 0.5) is 11.4 Å². The normalized spacial score (nSPS) is 14.1. The number of carbonyl (C=O) groups is 3. The monoisotopic (exact) mass is 419 g/mol. The number of amides is 3. The molecule has 0 heterocycles. The van der Waals surface area contributed by atoms with Crippen molar-refractivity contribution in [3.05, 3.63) is 58.1 Å². The summed E-state index contributed by atoms with van der Waals surface area (Å²) in [6.45, 7) is 1.56. The summed E-state index contributed by atoms with van der Waals surface area (Å²) in [5.74, 6) is -0.827. The van der Waals surface area contributed by atoms with Crippen LogP contribution in [0.15, 0.2) is 42.5 Å². The molecule has 0 aromatic heterocycles. The zero-order valence-electron chi connectivity index (χ0n) is 15.1. The molecule has 0 saturated heterocycles. The predicted molar refractivity (Wildman–Crippen MR) is 110 cm³/mol. The molecule has 2 aromatic carbocycles. The van der Waals surface area contributed by atoms with Gasteiger partial charge in [-0.3, -0.25) is 14.4 Å². The van der Waals surface area contributed by atoms with E-state index in [-0.39, 0.29) is 27.4 Å². The van der Waals surface area contributed by atoms with Crippen molar-refractivity contribution in [3.63, 3.8) is 0 Å². The first-order valence-electron chi connectivity index (χ1n) is 8.82. The minimum Gasteiger partial charge on any atom is -0.340 e. The fourth-order valence-corrected chi connectivity index (χ4v) is 2.92. The number of anilines is 2. The summed E-state index contributed by atoms with van der Waals surface area (Å²) in [4.78, 5) is 36.6. The van der Waals surface area contributed by atoms with Crippen LogP contribution >= 0.6 is 23.2 Å². The number of hydrogen-bond acceptors (Lipinski definition) is 3. The van der Waals surface area contributed by atoms with Gasteiger partial charge in [-0.2, -0.15) is 0 Å². The minimum atomic E-state index is -0.813. The Kier molecular flexibility index (Phi) is 6.21. The first kappa shape index (κ1) is 20.2. The van der Waals surface area contributed by atoms with Crippen LogP contribution in [0, 0.1) is 5.92 Å². The predicted octanol–water partition coefficient (Wildman–Crippen LogP) is 4.10. The molecule has 3 amide bonds. The Morgan fingerprint density at radius 3 is 2.32 bits per heavy atom. The van der Waals surface area contributed by atoms with E-state index in [0.29, 0.717) is 11.4 Å². The molecule has 8 heteroatoms. The van der Waals surface area contributed by atoms with Crippen LogP contribution in [0.2, 0.25) is 10.0 Å². The highest BCUT2D eigenvalue weighted by molar-refractivity contribution is 6.43. The third kappa shape index (κ3) is 5.03. The fourth-order valence-electron chi connectivity index (χ4n) is 2.53. The van der Waals surface area contributed by atoms with Gasteiger partial charge in [-0.05, 0) is 50.1 Å². The average Bonchev–Trinajstić information content (AvgIpc) is 3.49. The Morgan fingerprint density at radius 1 is 1.00 bits per heavy atom. The van der Waals surface area contributed by atoms with E-state index in [9.17, 15) is 14.4 Å². The van der Waals surface area contributed by atoms with Gasteiger partial charge in [0.15, 0.2) is 0 Å². The van der Waals surface area contributed by atoms with E-state index in [2.05, 4.69) is 16.0 Å². The SMILES string of the molecule is CC(NC(=O)c1cccc(Cl)c1Cl)C(=O)Nc1cccc(NC(=O)C2CC2)c1. The molecule has 0 aliphatic heterocycles. The van der Waals surface area contributed by atoms with Gasteiger partial charge in [0.05, 0.1) is 15.6 Å². The van der Waals surface area contributed by atoms with Crippen molar-refractivity contribution in [2.75, 3.05) is 10.6 Å². The molecular weight excluding hydrogens is 401 g/mol. The number of benzene rings is 2.